The Morgan fingerprint density at radius 2 is 2.00 bits per heavy atom. The number of hydrogen-bond acceptors (Lipinski definition) is 7. The van der Waals surface area contributed by atoms with Gasteiger partial charge in [-0.05, 0) is 43.0 Å². The van der Waals surface area contributed by atoms with Crippen LogP contribution in [0.5, 0.6) is 5.75 Å². The monoisotopic (exact) mass is 505 g/mol. The summed E-state index contributed by atoms with van der Waals surface area (Å²) in [6.07, 6.45) is -0.671. The lowest BCUT2D eigenvalue weighted by molar-refractivity contribution is -0.718. The summed E-state index contributed by atoms with van der Waals surface area (Å²) in [5.41, 5.74) is 0.255. The van der Waals surface area contributed by atoms with E-state index in [0.29, 0.717) is 23.1 Å². The summed E-state index contributed by atoms with van der Waals surface area (Å²) >= 11 is 6.37. The molecule has 0 radical (unpaired) electrons. The SMILES string of the molecule is CC(C)N(CCO)/[N+]([O-])=N/OCOC(=O)C1=Cc2cc(Cl)c(C(C)(C)C)cc2O[C@@H]1C(C)(F)F. The second-order valence-corrected chi connectivity index (χ2v) is 9.57. The van der Waals surface area contributed by atoms with E-state index in [1.165, 1.54) is 12.1 Å². The molecule has 0 aromatic heterocycles. The Morgan fingerprint density at radius 1 is 1.35 bits per heavy atom. The predicted molar refractivity (Wildman–Crippen MR) is 120 cm³/mol. The third-order valence-electron chi connectivity index (χ3n) is 4.96. The molecule has 1 aliphatic heterocycles. The fourth-order valence-electron chi connectivity index (χ4n) is 3.26. The molecule has 190 valence electrons. The standard InChI is InChI=1S/C22H30ClF2N3O6/c1-13(2)27(7-8-29)28(31)26-33-12-32-20(30)15-9-14-10-17(23)16(21(3,4)5)11-18(14)34-19(15)22(6,24)25/h9-11,13,19,29H,7-8,12H2,1-6H3/b28-26-/t19-/m0/s1. The molecule has 0 saturated carbocycles. The van der Waals surface area contributed by atoms with Crippen molar-refractivity contribution in [1.82, 2.24) is 5.01 Å². The molecule has 1 heterocycles. The first kappa shape index (κ1) is 27.6. The molecule has 2 rings (SSSR count). The smallest absolute Gasteiger partial charge is 0.341 e. The fraction of sp³-hybridized carbons (Fsp3) is 0.591. The van der Waals surface area contributed by atoms with Crippen molar-refractivity contribution in [2.75, 3.05) is 19.9 Å². The summed E-state index contributed by atoms with van der Waals surface area (Å²) in [5.74, 6) is -4.37. The molecule has 1 atom stereocenters. The Morgan fingerprint density at radius 3 is 2.53 bits per heavy atom. The number of alkyl halides is 2. The van der Waals surface area contributed by atoms with Gasteiger partial charge in [-0.15, -0.1) is 5.01 Å². The summed E-state index contributed by atoms with van der Waals surface area (Å²) in [7, 11) is 0. The second-order valence-electron chi connectivity index (χ2n) is 9.17. The quantitative estimate of drug-likeness (QED) is 0.132. The van der Waals surface area contributed by atoms with E-state index in [0.717, 1.165) is 5.01 Å². The molecule has 34 heavy (non-hydrogen) atoms. The normalized spacial score (nSPS) is 16.5. The van der Waals surface area contributed by atoms with Gasteiger partial charge in [0.15, 0.2) is 6.10 Å². The number of rotatable bonds is 9. The van der Waals surface area contributed by atoms with E-state index in [2.05, 4.69) is 5.28 Å². The van der Waals surface area contributed by atoms with E-state index in [9.17, 15) is 18.8 Å². The zero-order valence-corrected chi connectivity index (χ0v) is 20.7. The lowest BCUT2D eigenvalue weighted by Gasteiger charge is -2.31. The Labute approximate surface area is 202 Å². The van der Waals surface area contributed by atoms with E-state index in [1.807, 2.05) is 20.8 Å². The molecule has 1 N–H and O–H groups in total. The summed E-state index contributed by atoms with van der Waals surface area (Å²) in [5, 5.41) is 25.7. The van der Waals surface area contributed by atoms with E-state index in [-0.39, 0.29) is 35.3 Å². The van der Waals surface area contributed by atoms with Crippen molar-refractivity contribution in [2.24, 2.45) is 5.28 Å². The molecule has 1 aromatic rings. The molecule has 0 amide bonds. The molecule has 1 aromatic carbocycles. The number of nitrogens with zero attached hydrogens (tertiary/aromatic N) is 3. The highest BCUT2D eigenvalue weighted by Gasteiger charge is 2.45. The molecule has 0 unspecified atom stereocenters. The number of carbonyl (C=O) groups is 1. The average molecular weight is 506 g/mol. The molecule has 0 spiro atoms. The van der Waals surface area contributed by atoms with Crippen molar-refractivity contribution >= 4 is 23.6 Å². The van der Waals surface area contributed by atoms with Gasteiger partial charge >= 0.3 is 5.97 Å². The minimum atomic E-state index is -3.41. The Hall–Kier alpha value is -2.66. The maximum Gasteiger partial charge on any atom is 0.341 e. The number of carbonyl (C=O) groups excluding carboxylic acids is 1. The molecule has 0 fully saturated rings. The summed E-state index contributed by atoms with van der Waals surface area (Å²) < 4.78 is 39.1. The Kier molecular flexibility index (Phi) is 8.70. The van der Waals surface area contributed by atoms with Gasteiger partial charge in [0.2, 0.25) is 5.28 Å². The van der Waals surface area contributed by atoms with Crippen LogP contribution >= 0.6 is 11.6 Å². The summed E-state index contributed by atoms with van der Waals surface area (Å²) in [6, 6.07) is 2.84. The zero-order valence-electron chi connectivity index (χ0n) is 20.0. The van der Waals surface area contributed by atoms with Gasteiger partial charge in [-0.1, -0.05) is 32.4 Å². The van der Waals surface area contributed by atoms with Crippen LogP contribution in [0.4, 0.5) is 8.78 Å². The van der Waals surface area contributed by atoms with Crippen molar-refractivity contribution in [3.63, 3.8) is 0 Å². The topological polar surface area (TPSA) is 107 Å². The van der Waals surface area contributed by atoms with Gasteiger partial charge in [-0.3, -0.25) is 0 Å². The van der Waals surface area contributed by atoms with Crippen LogP contribution in [0.25, 0.3) is 6.08 Å². The van der Waals surface area contributed by atoms with Crippen LogP contribution in [0.2, 0.25) is 5.02 Å². The van der Waals surface area contributed by atoms with Gasteiger partial charge in [0.05, 0.1) is 23.2 Å². The molecule has 9 nitrogen and oxygen atoms in total. The van der Waals surface area contributed by atoms with E-state index < -0.39 is 30.4 Å². The molecule has 0 aliphatic carbocycles. The number of aliphatic hydroxyl groups excluding tert-OH is 1. The number of fused-ring (bicyclic) bond motifs is 1. The number of esters is 1. The van der Waals surface area contributed by atoms with Crippen LogP contribution in [0.15, 0.2) is 23.0 Å². The minimum Gasteiger partial charge on any atom is -0.569 e. The highest BCUT2D eigenvalue weighted by atomic mass is 35.5. The number of hydrogen-bond donors (Lipinski definition) is 1. The number of aliphatic hydroxyl groups is 1. The van der Waals surface area contributed by atoms with E-state index >= 15 is 0 Å². The van der Waals surface area contributed by atoms with Gasteiger partial charge in [-0.25, -0.2) is 13.6 Å². The van der Waals surface area contributed by atoms with Gasteiger partial charge in [-0.2, -0.15) is 0 Å². The molecule has 12 heteroatoms. The van der Waals surface area contributed by atoms with Crippen LogP contribution in [0, 0.1) is 5.21 Å². The van der Waals surface area contributed by atoms with Crippen molar-refractivity contribution in [2.45, 2.75) is 65.0 Å². The van der Waals surface area contributed by atoms with E-state index in [1.54, 1.807) is 19.9 Å². The second kappa shape index (κ2) is 10.7. The zero-order chi connectivity index (χ0) is 25.8. The third-order valence-corrected chi connectivity index (χ3v) is 5.27. The highest BCUT2D eigenvalue weighted by Crippen LogP contribution is 2.41. The van der Waals surface area contributed by atoms with Crippen LogP contribution < -0.4 is 4.74 Å². The van der Waals surface area contributed by atoms with Crippen molar-refractivity contribution < 1.29 is 38.0 Å². The van der Waals surface area contributed by atoms with Gasteiger partial charge in [0.25, 0.3) is 12.7 Å². The van der Waals surface area contributed by atoms with Crippen LogP contribution in [0.1, 0.15) is 52.7 Å². The number of benzene rings is 1. The average Bonchev–Trinajstić information content (AvgIpc) is 2.71. The molecular weight excluding hydrogens is 476 g/mol. The van der Waals surface area contributed by atoms with Gasteiger partial charge in [0.1, 0.15) is 12.3 Å². The molecule has 0 bridgehead atoms. The first-order valence-electron chi connectivity index (χ1n) is 10.6. The molecule has 0 saturated heterocycles. The third kappa shape index (κ3) is 6.69. The first-order chi connectivity index (χ1) is 15.7. The minimum absolute atomic E-state index is 0.00417. The first-order valence-corrected chi connectivity index (χ1v) is 11.0. The maximum atomic E-state index is 14.3. The van der Waals surface area contributed by atoms with E-state index in [4.69, 9.17) is 31.0 Å². The maximum absolute atomic E-state index is 14.3. The van der Waals surface area contributed by atoms with Crippen molar-refractivity contribution in [3.8, 4) is 5.75 Å². The molecular formula is C22H30ClF2N3O6. The van der Waals surface area contributed by atoms with Crippen molar-refractivity contribution in [1.29, 1.82) is 0 Å². The Balaban J connectivity index is 2.22. The largest absolute Gasteiger partial charge is 0.569 e. The van der Waals surface area contributed by atoms with Crippen LogP contribution in [0.3, 0.4) is 0 Å². The predicted octanol–water partition coefficient (Wildman–Crippen LogP) is 4.45. The number of ether oxygens (including phenoxy) is 2. The van der Waals surface area contributed by atoms with Gasteiger partial charge < -0.3 is 24.6 Å². The van der Waals surface area contributed by atoms with Crippen molar-refractivity contribution in [3.05, 3.63) is 39.1 Å². The Bertz CT molecular complexity index is 957. The lowest BCUT2D eigenvalue weighted by atomic mass is 9.85. The lowest BCUT2D eigenvalue weighted by Crippen LogP contribution is -2.41. The van der Waals surface area contributed by atoms with Crippen LogP contribution in [-0.2, 0) is 19.8 Å². The van der Waals surface area contributed by atoms with Crippen LogP contribution in [-0.4, -0.2) is 59.1 Å². The number of hydrazine groups is 1. The summed E-state index contributed by atoms with van der Waals surface area (Å²) in [4.78, 5) is 17.4. The highest BCUT2D eigenvalue weighted by molar-refractivity contribution is 6.31. The van der Waals surface area contributed by atoms with Gasteiger partial charge in [0, 0.05) is 17.5 Å². The summed E-state index contributed by atoms with van der Waals surface area (Å²) in [6.45, 7) is 8.71. The number of halogens is 3. The fourth-order valence-corrected chi connectivity index (χ4v) is 3.72. The molecule has 1 aliphatic rings.